The first kappa shape index (κ1) is 18.9. The van der Waals surface area contributed by atoms with E-state index in [-0.39, 0.29) is 41.0 Å². The molecule has 2 amide bonds. The molecule has 3 aliphatic rings. The second-order valence-electron chi connectivity index (χ2n) is 8.43. The van der Waals surface area contributed by atoms with Crippen molar-refractivity contribution in [2.45, 2.75) is 32.7 Å². The minimum absolute atomic E-state index is 0.0102. The lowest BCUT2D eigenvalue weighted by atomic mass is 9.85. The van der Waals surface area contributed by atoms with Crippen LogP contribution in [0.4, 0.5) is 0 Å². The predicted molar refractivity (Wildman–Crippen MR) is 102 cm³/mol. The highest BCUT2D eigenvalue weighted by atomic mass is 16.2. The smallest absolute Gasteiger partial charge is 0.233 e. The van der Waals surface area contributed by atoms with Crippen LogP contribution in [-0.4, -0.2) is 61.4 Å². The van der Waals surface area contributed by atoms with Gasteiger partial charge in [0.1, 0.15) is 0 Å². The fourth-order valence-electron chi connectivity index (χ4n) is 4.31. The van der Waals surface area contributed by atoms with Crippen LogP contribution in [0.25, 0.3) is 0 Å². The van der Waals surface area contributed by atoms with Gasteiger partial charge in [0.25, 0.3) is 0 Å². The molecule has 144 valence electrons. The first-order valence-electron chi connectivity index (χ1n) is 9.55. The van der Waals surface area contributed by atoms with Gasteiger partial charge >= 0.3 is 0 Å². The average molecular weight is 361 g/mol. The Kier molecular flexibility index (Phi) is 5.37. The third-order valence-corrected chi connectivity index (χ3v) is 5.49. The van der Waals surface area contributed by atoms with Crippen LogP contribution >= 0.6 is 0 Å². The Morgan fingerprint density at radius 3 is 2.19 bits per heavy atom. The number of carbonyl (C=O) groups excluding carboxylic acids is 2. The van der Waals surface area contributed by atoms with E-state index < -0.39 is 0 Å². The van der Waals surface area contributed by atoms with E-state index in [0.29, 0.717) is 19.0 Å². The van der Waals surface area contributed by atoms with Crippen LogP contribution in [0.1, 0.15) is 27.2 Å². The van der Waals surface area contributed by atoms with Crippen LogP contribution in [-0.2, 0) is 9.59 Å². The number of rotatable bonds is 6. The molecule has 2 fully saturated rings. The number of nitrogens with one attached hydrogen (secondary N) is 3. The molecule has 0 aromatic rings. The molecule has 0 spiro atoms. The van der Waals surface area contributed by atoms with E-state index in [9.17, 15) is 9.59 Å². The monoisotopic (exact) mass is 361 g/mol. The molecule has 1 saturated heterocycles. The summed E-state index contributed by atoms with van der Waals surface area (Å²) in [4.78, 5) is 30.9. The quantitative estimate of drug-likeness (QED) is 0.209. The molecule has 2 aliphatic carbocycles. The molecule has 4 unspecified atom stereocenters. The van der Waals surface area contributed by atoms with E-state index >= 15 is 0 Å². The number of nitrogens with zero attached hydrogens (tertiary/aromatic N) is 2. The normalized spacial score (nSPS) is 30.3. The molecular weight excluding hydrogens is 330 g/mol. The number of allylic oxidation sites excluding steroid dienone is 2. The van der Waals surface area contributed by atoms with E-state index in [0.717, 1.165) is 19.5 Å². The van der Waals surface area contributed by atoms with E-state index in [1.807, 2.05) is 0 Å². The maximum atomic E-state index is 12.6. The molecule has 4 atom stereocenters. The number of hydrogen-bond acceptors (Lipinski definition) is 4. The van der Waals surface area contributed by atoms with Crippen LogP contribution in [0.2, 0.25) is 0 Å². The van der Waals surface area contributed by atoms with Gasteiger partial charge in [0.2, 0.25) is 11.8 Å². The summed E-state index contributed by atoms with van der Waals surface area (Å²) in [5, 5.41) is 9.82. The first-order valence-corrected chi connectivity index (χ1v) is 9.55. The number of hydrogen-bond donors (Lipinski definition) is 3. The van der Waals surface area contributed by atoms with Crippen LogP contribution in [0, 0.1) is 23.7 Å². The second kappa shape index (κ2) is 7.39. The molecule has 1 heterocycles. The Balaban J connectivity index is 1.42. The number of fused-ring (bicyclic) bond motifs is 5. The van der Waals surface area contributed by atoms with Crippen molar-refractivity contribution in [3.8, 4) is 0 Å². The largest absolute Gasteiger partial charge is 0.355 e. The molecule has 3 N–H and O–H groups in total. The number of likely N-dealkylation sites (tertiary alicyclic amines) is 1. The molecular formula is C19H31N5O2. The van der Waals surface area contributed by atoms with Crippen molar-refractivity contribution in [1.82, 2.24) is 20.9 Å². The summed E-state index contributed by atoms with van der Waals surface area (Å²) in [7, 11) is 1.71. The number of imide groups is 1. The Labute approximate surface area is 155 Å². The van der Waals surface area contributed by atoms with Crippen LogP contribution in [0.15, 0.2) is 17.1 Å². The third-order valence-electron chi connectivity index (χ3n) is 5.49. The van der Waals surface area contributed by atoms with Gasteiger partial charge in [-0.25, -0.2) is 0 Å². The molecule has 0 aromatic carbocycles. The highest BCUT2D eigenvalue weighted by Gasteiger charge is 2.58. The summed E-state index contributed by atoms with van der Waals surface area (Å²) >= 11 is 0. The van der Waals surface area contributed by atoms with E-state index in [4.69, 9.17) is 0 Å². The van der Waals surface area contributed by atoms with Crippen molar-refractivity contribution >= 4 is 17.8 Å². The maximum absolute atomic E-state index is 12.6. The molecule has 26 heavy (non-hydrogen) atoms. The van der Waals surface area contributed by atoms with Gasteiger partial charge < -0.3 is 16.0 Å². The lowest BCUT2D eigenvalue weighted by Gasteiger charge is -2.21. The summed E-state index contributed by atoms with van der Waals surface area (Å²) in [6.07, 6.45) is 5.21. The number of aliphatic imine (C=N–C) groups is 1. The van der Waals surface area contributed by atoms with Crippen molar-refractivity contribution in [3.63, 3.8) is 0 Å². The zero-order valence-corrected chi connectivity index (χ0v) is 16.2. The van der Waals surface area contributed by atoms with Gasteiger partial charge in [-0.05, 0) is 39.0 Å². The van der Waals surface area contributed by atoms with Gasteiger partial charge in [0.05, 0.1) is 11.8 Å². The van der Waals surface area contributed by atoms with Crippen LogP contribution in [0.3, 0.4) is 0 Å². The standard InChI is InChI=1S/C19H31N5O2/c1-19(2,3)23-8-7-21-18(20-4)22-9-10-24-16(25)14-12-5-6-13(11-12)15(14)17(24)26/h5-6,12-15,23H,7-11H2,1-4H3,(H2,20,21,22). The average Bonchev–Trinajstić information content (AvgIpc) is 3.25. The highest BCUT2D eigenvalue weighted by molar-refractivity contribution is 6.06. The highest BCUT2D eigenvalue weighted by Crippen LogP contribution is 2.52. The lowest BCUT2D eigenvalue weighted by Crippen LogP contribution is -2.46. The van der Waals surface area contributed by atoms with E-state index in [1.54, 1.807) is 7.05 Å². The van der Waals surface area contributed by atoms with Crippen molar-refractivity contribution in [1.29, 1.82) is 0 Å². The van der Waals surface area contributed by atoms with E-state index in [1.165, 1.54) is 4.90 Å². The minimum atomic E-state index is -0.113. The maximum Gasteiger partial charge on any atom is 0.233 e. The van der Waals surface area contributed by atoms with Gasteiger partial charge in [-0.3, -0.25) is 19.5 Å². The molecule has 2 bridgehead atoms. The van der Waals surface area contributed by atoms with Crippen LogP contribution < -0.4 is 16.0 Å². The Bertz CT molecular complexity index is 592. The van der Waals surface area contributed by atoms with Crippen molar-refractivity contribution in [2.24, 2.45) is 28.7 Å². The topological polar surface area (TPSA) is 85.8 Å². The third kappa shape index (κ3) is 3.77. The zero-order valence-electron chi connectivity index (χ0n) is 16.2. The van der Waals surface area contributed by atoms with Gasteiger partial charge in [-0.2, -0.15) is 0 Å². The summed E-state index contributed by atoms with van der Waals surface area (Å²) in [5.74, 6) is 1.01. The molecule has 7 nitrogen and oxygen atoms in total. The van der Waals surface area contributed by atoms with Gasteiger partial charge in [-0.1, -0.05) is 12.2 Å². The molecule has 1 saturated carbocycles. The first-order chi connectivity index (χ1) is 12.3. The van der Waals surface area contributed by atoms with Gasteiger partial charge in [-0.15, -0.1) is 0 Å². The molecule has 3 rings (SSSR count). The van der Waals surface area contributed by atoms with E-state index in [2.05, 4.69) is 53.9 Å². The number of guanidine groups is 1. The fourth-order valence-corrected chi connectivity index (χ4v) is 4.31. The lowest BCUT2D eigenvalue weighted by molar-refractivity contribution is -0.140. The molecule has 0 aromatic heterocycles. The Morgan fingerprint density at radius 1 is 1.08 bits per heavy atom. The second-order valence-corrected chi connectivity index (χ2v) is 8.43. The fraction of sp³-hybridized carbons (Fsp3) is 0.737. The van der Waals surface area contributed by atoms with Crippen molar-refractivity contribution < 1.29 is 9.59 Å². The van der Waals surface area contributed by atoms with Crippen molar-refractivity contribution in [3.05, 3.63) is 12.2 Å². The van der Waals surface area contributed by atoms with Gasteiger partial charge in [0.15, 0.2) is 5.96 Å². The minimum Gasteiger partial charge on any atom is -0.355 e. The Morgan fingerprint density at radius 2 is 1.65 bits per heavy atom. The summed E-state index contributed by atoms with van der Waals surface area (Å²) in [5.41, 5.74) is 0.0848. The number of amides is 2. The number of carbonyl (C=O) groups is 2. The van der Waals surface area contributed by atoms with Crippen molar-refractivity contribution in [2.75, 3.05) is 33.2 Å². The van der Waals surface area contributed by atoms with Crippen LogP contribution in [0.5, 0.6) is 0 Å². The Hall–Kier alpha value is -1.89. The SMILES string of the molecule is CN=C(NCCNC(C)(C)C)NCCN1C(=O)C2C3C=CC(C3)C2C1=O. The predicted octanol–water partition coefficient (Wildman–Crippen LogP) is 0.347. The molecule has 0 radical (unpaired) electrons. The van der Waals surface area contributed by atoms with Gasteiger partial charge in [0, 0.05) is 38.8 Å². The molecule has 1 aliphatic heterocycles. The molecule has 7 heteroatoms. The summed E-state index contributed by atoms with van der Waals surface area (Å²) in [6.45, 7) is 8.85. The summed E-state index contributed by atoms with van der Waals surface area (Å²) in [6, 6.07) is 0. The zero-order chi connectivity index (χ0) is 18.9. The summed E-state index contributed by atoms with van der Waals surface area (Å²) < 4.78 is 0.